The minimum atomic E-state index is 0.106. The molecule has 7 nitrogen and oxygen atoms in total. The van der Waals surface area contributed by atoms with Crippen molar-refractivity contribution < 1.29 is 4.79 Å². The second-order valence-electron chi connectivity index (χ2n) is 7.80. The number of piperidine rings is 1. The molecule has 0 bridgehead atoms. The molecule has 3 rings (SSSR count). The Morgan fingerprint density at radius 2 is 2.21 bits per heavy atom. The quantitative estimate of drug-likeness (QED) is 0.521. The molecule has 1 amide bonds. The van der Waals surface area contributed by atoms with Crippen molar-refractivity contribution in [3.63, 3.8) is 0 Å². The van der Waals surface area contributed by atoms with E-state index in [1.54, 1.807) is 0 Å². The van der Waals surface area contributed by atoms with Crippen LogP contribution in [-0.4, -0.2) is 99.6 Å². The molecule has 0 aromatic heterocycles. The minimum absolute atomic E-state index is 0.106. The van der Waals surface area contributed by atoms with E-state index >= 15 is 0 Å². The fourth-order valence-corrected chi connectivity index (χ4v) is 4.29. The summed E-state index contributed by atoms with van der Waals surface area (Å²) in [6.45, 7) is 7.01. The monoisotopic (exact) mass is 336 g/mol. The molecular weight excluding hydrogens is 304 g/mol. The van der Waals surface area contributed by atoms with Crippen LogP contribution in [0.2, 0.25) is 0 Å². The maximum absolute atomic E-state index is 11.7. The standard InChI is InChI=1S/C17H32N6O/c1-18-16(19-10-14-11-21(2)7-8-22(14)3)23-6-4-5-17(13-23)9-15(24)20-12-17/h14H,4-13H2,1-3H3,(H,18,19)(H,20,24). The number of piperazine rings is 1. The molecule has 3 saturated heterocycles. The Kier molecular flexibility index (Phi) is 5.30. The summed E-state index contributed by atoms with van der Waals surface area (Å²) >= 11 is 0. The maximum Gasteiger partial charge on any atom is 0.220 e. The summed E-state index contributed by atoms with van der Waals surface area (Å²) in [5.74, 6) is 1.18. The Morgan fingerprint density at radius 3 is 2.92 bits per heavy atom. The van der Waals surface area contributed by atoms with E-state index in [0.29, 0.717) is 12.5 Å². The summed E-state index contributed by atoms with van der Waals surface area (Å²) in [6.07, 6.45) is 2.92. The number of guanidine groups is 1. The van der Waals surface area contributed by atoms with E-state index in [1.165, 1.54) is 0 Å². The first-order chi connectivity index (χ1) is 11.5. The van der Waals surface area contributed by atoms with Crippen molar-refractivity contribution >= 4 is 11.9 Å². The van der Waals surface area contributed by atoms with Gasteiger partial charge in [0.15, 0.2) is 5.96 Å². The lowest BCUT2D eigenvalue weighted by atomic mass is 9.79. The third-order valence-corrected chi connectivity index (χ3v) is 5.84. The van der Waals surface area contributed by atoms with Gasteiger partial charge in [-0.25, -0.2) is 0 Å². The van der Waals surface area contributed by atoms with Crippen molar-refractivity contribution in [3.8, 4) is 0 Å². The summed E-state index contributed by atoms with van der Waals surface area (Å²) in [6, 6.07) is 0.508. The molecule has 0 aromatic carbocycles. The molecule has 1 spiro atoms. The van der Waals surface area contributed by atoms with Crippen LogP contribution < -0.4 is 10.6 Å². The summed E-state index contributed by atoms with van der Waals surface area (Å²) in [5, 5.41) is 6.59. The van der Waals surface area contributed by atoms with E-state index in [9.17, 15) is 4.79 Å². The van der Waals surface area contributed by atoms with Crippen LogP contribution in [0.4, 0.5) is 0 Å². The van der Waals surface area contributed by atoms with Gasteiger partial charge in [0.1, 0.15) is 0 Å². The summed E-state index contributed by atoms with van der Waals surface area (Å²) < 4.78 is 0. The molecule has 3 fully saturated rings. The SMILES string of the molecule is CN=C(NCC1CN(C)CCN1C)N1CCCC2(CNC(=O)C2)C1. The highest BCUT2D eigenvalue weighted by molar-refractivity contribution is 5.81. The lowest BCUT2D eigenvalue weighted by Crippen LogP contribution is -2.57. The van der Waals surface area contributed by atoms with Gasteiger partial charge in [-0.15, -0.1) is 0 Å². The van der Waals surface area contributed by atoms with Crippen molar-refractivity contribution in [2.75, 3.05) is 67.0 Å². The molecule has 0 aromatic rings. The third kappa shape index (κ3) is 3.83. The minimum Gasteiger partial charge on any atom is -0.355 e. The zero-order chi connectivity index (χ0) is 17.2. The van der Waals surface area contributed by atoms with E-state index in [4.69, 9.17) is 0 Å². The Hall–Kier alpha value is -1.34. The van der Waals surface area contributed by atoms with Gasteiger partial charge in [0.05, 0.1) is 0 Å². The lowest BCUT2D eigenvalue weighted by Gasteiger charge is -2.42. The van der Waals surface area contributed by atoms with Gasteiger partial charge < -0.3 is 20.4 Å². The molecule has 0 saturated carbocycles. The van der Waals surface area contributed by atoms with Crippen molar-refractivity contribution in [3.05, 3.63) is 0 Å². The van der Waals surface area contributed by atoms with E-state index in [-0.39, 0.29) is 11.3 Å². The molecule has 3 heterocycles. The van der Waals surface area contributed by atoms with Gasteiger partial charge in [0.25, 0.3) is 0 Å². The molecule has 2 atom stereocenters. The van der Waals surface area contributed by atoms with Crippen LogP contribution in [0.5, 0.6) is 0 Å². The molecule has 0 aliphatic carbocycles. The van der Waals surface area contributed by atoms with Crippen LogP contribution in [0, 0.1) is 5.41 Å². The lowest BCUT2D eigenvalue weighted by molar-refractivity contribution is -0.119. The van der Waals surface area contributed by atoms with Gasteiger partial charge in [-0.3, -0.25) is 14.7 Å². The highest BCUT2D eigenvalue weighted by Crippen LogP contribution is 2.35. The van der Waals surface area contributed by atoms with Crippen LogP contribution >= 0.6 is 0 Å². The zero-order valence-electron chi connectivity index (χ0n) is 15.3. The third-order valence-electron chi connectivity index (χ3n) is 5.84. The number of rotatable bonds is 2. The van der Waals surface area contributed by atoms with Crippen molar-refractivity contribution in [1.29, 1.82) is 0 Å². The fourth-order valence-electron chi connectivity index (χ4n) is 4.29. The van der Waals surface area contributed by atoms with E-state index in [1.807, 2.05) is 7.05 Å². The van der Waals surface area contributed by atoms with Crippen LogP contribution in [0.15, 0.2) is 4.99 Å². The number of likely N-dealkylation sites (N-methyl/N-ethyl adjacent to an activating group) is 2. The highest BCUT2D eigenvalue weighted by Gasteiger charge is 2.42. The Bertz CT molecular complexity index is 495. The predicted molar refractivity (Wildman–Crippen MR) is 96.1 cm³/mol. The molecule has 2 N–H and O–H groups in total. The Labute approximate surface area is 145 Å². The van der Waals surface area contributed by atoms with Crippen LogP contribution in [-0.2, 0) is 4.79 Å². The van der Waals surface area contributed by atoms with Crippen LogP contribution in [0.1, 0.15) is 19.3 Å². The number of aliphatic imine (C=N–C) groups is 1. The molecule has 3 aliphatic heterocycles. The Balaban J connectivity index is 1.57. The second kappa shape index (κ2) is 7.27. The van der Waals surface area contributed by atoms with Crippen molar-refractivity contribution in [2.24, 2.45) is 10.4 Å². The van der Waals surface area contributed by atoms with E-state index in [0.717, 1.165) is 64.6 Å². The summed E-state index contributed by atoms with van der Waals surface area (Å²) in [5.41, 5.74) is 0.106. The summed E-state index contributed by atoms with van der Waals surface area (Å²) in [7, 11) is 6.25. The predicted octanol–water partition coefficient (Wildman–Crippen LogP) is -0.590. The summed E-state index contributed by atoms with van der Waals surface area (Å²) in [4.78, 5) is 23.3. The Morgan fingerprint density at radius 1 is 1.38 bits per heavy atom. The number of likely N-dealkylation sites (tertiary alicyclic amines) is 1. The van der Waals surface area contributed by atoms with Gasteiger partial charge in [-0.1, -0.05) is 0 Å². The first-order valence-corrected chi connectivity index (χ1v) is 9.12. The molecular formula is C17H32N6O. The first-order valence-electron chi connectivity index (χ1n) is 9.12. The van der Waals surface area contributed by atoms with Crippen molar-refractivity contribution in [1.82, 2.24) is 25.3 Å². The molecule has 136 valence electrons. The first kappa shape index (κ1) is 17.5. The normalized spacial score (nSPS) is 33.1. The number of hydrogen-bond donors (Lipinski definition) is 2. The van der Waals surface area contributed by atoms with Crippen molar-refractivity contribution in [2.45, 2.75) is 25.3 Å². The molecule has 3 aliphatic rings. The number of amides is 1. The van der Waals surface area contributed by atoms with Gasteiger partial charge in [-0.2, -0.15) is 0 Å². The van der Waals surface area contributed by atoms with E-state index in [2.05, 4.69) is 44.4 Å². The van der Waals surface area contributed by atoms with Gasteiger partial charge in [-0.05, 0) is 26.9 Å². The number of carbonyl (C=O) groups excluding carboxylic acids is 1. The van der Waals surface area contributed by atoms with Gasteiger partial charge >= 0.3 is 0 Å². The smallest absolute Gasteiger partial charge is 0.220 e. The average molecular weight is 336 g/mol. The topological polar surface area (TPSA) is 63.2 Å². The molecule has 7 heteroatoms. The molecule has 0 radical (unpaired) electrons. The molecule has 2 unspecified atom stereocenters. The number of nitrogens with zero attached hydrogens (tertiary/aromatic N) is 4. The van der Waals surface area contributed by atoms with Crippen LogP contribution in [0.25, 0.3) is 0 Å². The average Bonchev–Trinajstić information content (AvgIpc) is 2.91. The molecule has 24 heavy (non-hydrogen) atoms. The fraction of sp³-hybridized carbons (Fsp3) is 0.882. The maximum atomic E-state index is 11.7. The number of hydrogen-bond acceptors (Lipinski definition) is 4. The van der Waals surface area contributed by atoms with E-state index < -0.39 is 0 Å². The van der Waals surface area contributed by atoms with Crippen LogP contribution in [0.3, 0.4) is 0 Å². The highest BCUT2D eigenvalue weighted by atomic mass is 16.1. The van der Waals surface area contributed by atoms with Gasteiger partial charge in [0, 0.05) is 70.7 Å². The second-order valence-corrected chi connectivity index (χ2v) is 7.80. The zero-order valence-corrected chi connectivity index (χ0v) is 15.3. The number of carbonyl (C=O) groups is 1. The van der Waals surface area contributed by atoms with Gasteiger partial charge in [0.2, 0.25) is 5.91 Å². The number of nitrogens with one attached hydrogen (secondary N) is 2. The largest absolute Gasteiger partial charge is 0.355 e.